The smallest absolute Gasteiger partial charge is 0.315 e. The van der Waals surface area contributed by atoms with Crippen molar-refractivity contribution >= 4 is 6.03 Å². The van der Waals surface area contributed by atoms with Crippen molar-refractivity contribution in [3.63, 3.8) is 0 Å². The number of nitrogens with one attached hydrogen (secondary N) is 2. The number of carbonyl (C=O) groups is 1. The number of nitrogens with zero attached hydrogens (tertiary/aromatic N) is 3. The standard InChI is InChI=1S/C22H25N5O/c28-22(25-16-17-8-2-1-3-9-17)24-14-15-27-20-12-5-4-10-18(20)21(26-27)19-11-6-7-13-23-19/h1-3,6-9,11,13H,4-5,10,12,14-16H2,(H2,24,25,28). The number of urea groups is 1. The van der Waals surface area contributed by atoms with Crippen LogP contribution in [0.3, 0.4) is 0 Å². The summed E-state index contributed by atoms with van der Waals surface area (Å²) in [4.78, 5) is 16.5. The van der Waals surface area contributed by atoms with Crippen LogP contribution in [0, 0.1) is 0 Å². The van der Waals surface area contributed by atoms with E-state index in [0.29, 0.717) is 19.6 Å². The van der Waals surface area contributed by atoms with Crippen LogP contribution < -0.4 is 10.6 Å². The minimum atomic E-state index is -0.158. The average molecular weight is 375 g/mol. The third-order valence-corrected chi connectivity index (χ3v) is 5.07. The van der Waals surface area contributed by atoms with Gasteiger partial charge in [-0.2, -0.15) is 5.10 Å². The third kappa shape index (κ3) is 4.22. The summed E-state index contributed by atoms with van der Waals surface area (Å²) >= 11 is 0. The number of fused-ring (bicyclic) bond motifs is 1. The van der Waals surface area contributed by atoms with Crippen LogP contribution in [0.2, 0.25) is 0 Å². The Balaban J connectivity index is 1.37. The summed E-state index contributed by atoms with van der Waals surface area (Å²) in [5.74, 6) is 0. The summed E-state index contributed by atoms with van der Waals surface area (Å²) in [7, 11) is 0. The van der Waals surface area contributed by atoms with Gasteiger partial charge in [-0.25, -0.2) is 4.79 Å². The van der Waals surface area contributed by atoms with E-state index in [1.165, 1.54) is 24.1 Å². The van der Waals surface area contributed by atoms with Crippen molar-refractivity contribution in [1.82, 2.24) is 25.4 Å². The lowest BCUT2D eigenvalue weighted by molar-refractivity contribution is 0.240. The average Bonchev–Trinajstić information content (AvgIpc) is 3.12. The Morgan fingerprint density at radius 3 is 2.64 bits per heavy atom. The van der Waals surface area contributed by atoms with Gasteiger partial charge in [0.2, 0.25) is 0 Å². The highest BCUT2D eigenvalue weighted by atomic mass is 16.2. The van der Waals surface area contributed by atoms with Crippen molar-refractivity contribution in [3.05, 3.63) is 71.5 Å². The zero-order chi connectivity index (χ0) is 19.2. The van der Waals surface area contributed by atoms with Gasteiger partial charge in [0.15, 0.2) is 0 Å². The lowest BCUT2D eigenvalue weighted by atomic mass is 9.95. The van der Waals surface area contributed by atoms with E-state index in [1.54, 1.807) is 0 Å². The van der Waals surface area contributed by atoms with Gasteiger partial charge in [0, 0.05) is 30.5 Å². The Morgan fingerprint density at radius 1 is 1.00 bits per heavy atom. The maximum atomic E-state index is 12.1. The van der Waals surface area contributed by atoms with Crippen LogP contribution in [0.1, 0.15) is 29.7 Å². The van der Waals surface area contributed by atoms with Gasteiger partial charge in [0.05, 0.1) is 12.2 Å². The Labute approximate surface area is 165 Å². The zero-order valence-corrected chi connectivity index (χ0v) is 15.9. The number of amides is 2. The maximum absolute atomic E-state index is 12.1. The second kappa shape index (κ2) is 8.69. The first-order chi connectivity index (χ1) is 13.8. The van der Waals surface area contributed by atoms with Crippen molar-refractivity contribution < 1.29 is 4.79 Å². The molecule has 144 valence electrons. The molecule has 0 aliphatic heterocycles. The Morgan fingerprint density at radius 2 is 1.82 bits per heavy atom. The molecule has 0 saturated heterocycles. The van der Waals surface area contributed by atoms with E-state index in [2.05, 4.69) is 20.3 Å². The lowest BCUT2D eigenvalue weighted by Crippen LogP contribution is -2.37. The highest BCUT2D eigenvalue weighted by Gasteiger charge is 2.22. The van der Waals surface area contributed by atoms with Crippen molar-refractivity contribution in [3.8, 4) is 11.4 Å². The van der Waals surface area contributed by atoms with Crippen LogP contribution in [-0.4, -0.2) is 27.3 Å². The molecule has 6 nitrogen and oxygen atoms in total. The molecule has 1 aromatic carbocycles. The highest BCUT2D eigenvalue weighted by Crippen LogP contribution is 2.30. The molecular weight excluding hydrogens is 350 g/mol. The van der Waals surface area contributed by atoms with E-state index in [0.717, 1.165) is 29.8 Å². The molecule has 0 fully saturated rings. The molecule has 1 aliphatic rings. The summed E-state index contributed by atoms with van der Waals surface area (Å²) in [6.07, 6.45) is 6.27. The fourth-order valence-electron chi connectivity index (χ4n) is 3.68. The summed E-state index contributed by atoms with van der Waals surface area (Å²) < 4.78 is 2.05. The molecule has 0 radical (unpaired) electrons. The molecule has 0 bridgehead atoms. The molecule has 0 spiro atoms. The number of carbonyl (C=O) groups excluding carboxylic acids is 1. The van der Waals surface area contributed by atoms with Gasteiger partial charge >= 0.3 is 6.03 Å². The van der Waals surface area contributed by atoms with E-state index in [4.69, 9.17) is 5.10 Å². The lowest BCUT2D eigenvalue weighted by Gasteiger charge is -2.14. The number of hydrogen-bond donors (Lipinski definition) is 2. The van der Waals surface area contributed by atoms with E-state index in [-0.39, 0.29) is 6.03 Å². The SMILES string of the molecule is O=C(NCCn1nc(-c2ccccn2)c2c1CCCC2)NCc1ccccc1. The molecule has 2 aromatic heterocycles. The van der Waals surface area contributed by atoms with E-state index < -0.39 is 0 Å². The fraction of sp³-hybridized carbons (Fsp3) is 0.318. The summed E-state index contributed by atoms with van der Waals surface area (Å²) in [5, 5.41) is 10.7. The van der Waals surface area contributed by atoms with Crippen molar-refractivity contribution in [2.45, 2.75) is 38.8 Å². The van der Waals surface area contributed by atoms with Gasteiger partial charge in [0.25, 0.3) is 0 Å². The van der Waals surface area contributed by atoms with Crippen molar-refractivity contribution in [2.24, 2.45) is 0 Å². The first-order valence-corrected chi connectivity index (χ1v) is 9.87. The molecule has 0 atom stereocenters. The molecule has 1 aliphatic carbocycles. The van der Waals surface area contributed by atoms with E-state index in [9.17, 15) is 4.79 Å². The van der Waals surface area contributed by atoms with Gasteiger partial charge in [-0.05, 0) is 43.4 Å². The molecular formula is C22H25N5O. The topological polar surface area (TPSA) is 71.8 Å². The summed E-state index contributed by atoms with van der Waals surface area (Å²) in [5.41, 5.74) is 5.60. The second-order valence-corrected chi connectivity index (χ2v) is 7.01. The zero-order valence-electron chi connectivity index (χ0n) is 15.9. The normalized spacial score (nSPS) is 13.0. The van der Waals surface area contributed by atoms with Crippen LogP contribution in [-0.2, 0) is 25.9 Å². The first kappa shape index (κ1) is 18.2. The van der Waals surface area contributed by atoms with Gasteiger partial charge in [-0.1, -0.05) is 36.4 Å². The monoisotopic (exact) mass is 375 g/mol. The molecule has 28 heavy (non-hydrogen) atoms. The number of hydrogen-bond acceptors (Lipinski definition) is 3. The predicted octanol–water partition coefficient (Wildman–Crippen LogP) is 3.32. The quantitative estimate of drug-likeness (QED) is 0.694. The maximum Gasteiger partial charge on any atom is 0.315 e. The number of rotatable bonds is 6. The van der Waals surface area contributed by atoms with Crippen LogP contribution >= 0.6 is 0 Å². The summed E-state index contributed by atoms with van der Waals surface area (Å²) in [6.45, 7) is 1.72. The largest absolute Gasteiger partial charge is 0.336 e. The first-order valence-electron chi connectivity index (χ1n) is 9.87. The van der Waals surface area contributed by atoms with Crippen LogP contribution in [0.5, 0.6) is 0 Å². The van der Waals surface area contributed by atoms with Crippen molar-refractivity contribution in [1.29, 1.82) is 0 Å². The number of benzene rings is 1. The second-order valence-electron chi connectivity index (χ2n) is 7.01. The highest BCUT2D eigenvalue weighted by molar-refractivity contribution is 5.73. The predicted molar refractivity (Wildman–Crippen MR) is 109 cm³/mol. The van der Waals surface area contributed by atoms with Gasteiger partial charge in [-0.3, -0.25) is 9.67 Å². The van der Waals surface area contributed by atoms with E-state index in [1.807, 2.05) is 54.7 Å². The summed E-state index contributed by atoms with van der Waals surface area (Å²) in [6, 6.07) is 15.7. The Hall–Kier alpha value is -3.15. The molecule has 2 N–H and O–H groups in total. The molecule has 4 rings (SSSR count). The van der Waals surface area contributed by atoms with Crippen molar-refractivity contribution in [2.75, 3.05) is 6.54 Å². The number of pyridine rings is 1. The fourth-order valence-corrected chi connectivity index (χ4v) is 3.68. The molecule has 3 aromatic rings. The Bertz CT molecular complexity index is 921. The molecule has 6 heteroatoms. The van der Waals surface area contributed by atoms with E-state index >= 15 is 0 Å². The third-order valence-electron chi connectivity index (χ3n) is 5.07. The Kier molecular flexibility index (Phi) is 5.66. The van der Waals surface area contributed by atoms with Gasteiger partial charge in [0.1, 0.15) is 5.69 Å². The minimum Gasteiger partial charge on any atom is -0.336 e. The molecule has 2 amide bonds. The van der Waals surface area contributed by atoms with Crippen LogP contribution in [0.25, 0.3) is 11.4 Å². The number of aromatic nitrogens is 3. The van der Waals surface area contributed by atoms with Crippen LogP contribution in [0.4, 0.5) is 4.79 Å². The van der Waals surface area contributed by atoms with Gasteiger partial charge < -0.3 is 10.6 Å². The molecule has 0 unspecified atom stereocenters. The van der Waals surface area contributed by atoms with Crippen LogP contribution in [0.15, 0.2) is 54.7 Å². The van der Waals surface area contributed by atoms with Gasteiger partial charge in [-0.15, -0.1) is 0 Å². The minimum absolute atomic E-state index is 0.158. The molecule has 2 heterocycles. The molecule has 0 saturated carbocycles.